The highest BCUT2D eigenvalue weighted by molar-refractivity contribution is 5.76. The number of nitrogens with one attached hydrogen (secondary N) is 1. The molecule has 1 aromatic rings. The van der Waals surface area contributed by atoms with Crippen molar-refractivity contribution in [1.82, 2.24) is 10.2 Å². The molecular weight excluding hydrogens is 236 g/mol. The second kappa shape index (κ2) is 5.74. The molecule has 1 fully saturated rings. The normalized spacial score (nSPS) is 22.3. The topological polar surface area (TPSA) is 32.3 Å². The number of benzene rings is 1. The van der Waals surface area contributed by atoms with Crippen LogP contribution in [0.3, 0.4) is 0 Å². The van der Waals surface area contributed by atoms with Gasteiger partial charge in [0, 0.05) is 19.5 Å². The van der Waals surface area contributed by atoms with Crippen molar-refractivity contribution in [2.75, 3.05) is 19.6 Å². The zero-order valence-corrected chi connectivity index (χ0v) is 11.4. The van der Waals surface area contributed by atoms with Crippen LogP contribution in [-0.2, 0) is 17.8 Å². The molecule has 1 saturated heterocycles. The van der Waals surface area contributed by atoms with Crippen molar-refractivity contribution in [1.29, 1.82) is 0 Å². The lowest BCUT2D eigenvalue weighted by atomic mass is 9.98. The van der Waals surface area contributed by atoms with E-state index in [1.807, 2.05) is 4.90 Å². The van der Waals surface area contributed by atoms with Crippen LogP contribution in [0.2, 0.25) is 0 Å². The molecule has 2 aliphatic rings. The van der Waals surface area contributed by atoms with Crippen LogP contribution in [0.25, 0.3) is 0 Å². The van der Waals surface area contributed by atoms with E-state index >= 15 is 0 Å². The molecule has 3 nitrogen and oxygen atoms in total. The van der Waals surface area contributed by atoms with Crippen LogP contribution in [0.5, 0.6) is 0 Å². The maximum atomic E-state index is 12.3. The Morgan fingerprint density at radius 3 is 2.95 bits per heavy atom. The van der Waals surface area contributed by atoms with Crippen molar-refractivity contribution in [2.24, 2.45) is 5.92 Å². The van der Waals surface area contributed by atoms with Gasteiger partial charge in [-0.2, -0.15) is 0 Å². The lowest BCUT2D eigenvalue weighted by Gasteiger charge is -2.29. The fourth-order valence-electron chi connectivity index (χ4n) is 3.16. The molecule has 102 valence electrons. The maximum absolute atomic E-state index is 12.3. The second-order valence-electron chi connectivity index (χ2n) is 5.73. The smallest absolute Gasteiger partial charge is 0.222 e. The van der Waals surface area contributed by atoms with Crippen molar-refractivity contribution < 1.29 is 4.79 Å². The van der Waals surface area contributed by atoms with E-state index < -0.39 is 0 Å². The highest BCUT2D eigenvalue weighted by Crippen LogP contribution is 2.21. The van der Waals surface area contributed by atoms with Gasteiger partial charge in [0.05, 0.1) is 0 Å². The Balaban J connectivity index is 1.54. The van der Waals surface area contributed by atoms with E-state index in [0.717, 1.165) is 39.0 Å². The molecule has 1 atom stereocenters. The van der Waals surface area contributed by atoms with Crippen LogP contribution >= 0.6 is 0 Å². The Kier molecular flexibility index (Phi) is 3.83. The van der Waals surface area contributed by atoms with Crippen molar-refractivity contribution in [3.63, 3.8) is 0 Å². The number of fused-ring (bicyclic) bond motifs is 1. The molecule has 1 amide bonds. The molecule has 3 rings (SSSR count). The summed E-state index contributed by atoms with van der Waals surface area (Å²) in [6.45, 7) is 3.91. The summed E-state index contributed by atoms with van der Waals surface area (Å²) in [6.07, 6.45) is 4.00. The van der Waals surface area contributed by atoms with E-state index in [-0.39, 0.29) is 0 Å². The molecule has 2 heterocycles. The van der Waals surface area contributed by atoms with Gasteiger partial charge >= 0.3 is 0 Å². The molecule has 0 aliphatic carbocycles. The first-order valence-corrected chi connectivity index (χ1v) is 7.38. The average molecular weight is 258 g/mol. The molecule has 1 aromatic carbocycles. The van der Waals surface area contributed by atoms with E-state index in [4.69, 9.17) is 0 Å². The van der Waals surface area contributed by atoms with Gasteiger partial charge in [-0.3, -0.25) is 4.79 Å². The Bertz CT molecular complexity index is 452. The summed E-state index contributed by atoms with van der Waals surface area (Å²) >= 11 is 0. The SMILES string of the molecule is O=C(CCC1CCNC1)N1CCc2ccccc2C1. The van der Waals surface area contributed by atoms with Crippen molar-refractivity contribution in [3.05, 3.63) is 35.4 Å². The van der Waals surface area contributed by atoms with Gasteiger partial charge in [0.1, 0.15) is 0 Å². The standard InChI is InChI=1S/C16H22N2O/c19-16(6-5-13-7-9-17-11-13)18-10-8-14-3-1-2-4-15(14)12-18/h1-4,13,17H,5-12H2. The van der Waals surface area contributed by atoms with Gasteiger partial charge in [-0.05, 0) is 49.4 Å². The summed E-state index contributed by atoms with van der Waals surface area (Å²) in [5.74, 6) is 1.04. The number of hydrogen-bond donors (Lipinski definition) is 1. The van der Waals surface area contributed by atoms with Crippen molar-refractivity contribution in [3.8, 4) is 0 Å². The van der Waals surface area contributed by atoms with Crippen LogP contribution in [0, 0.1) is 5.92 Å². The van der Waals surface area contributed by atoms with Crippen LogP contribution < -0.4 is 5.32 Å². The quantitative estimate of drug-likeness (QED) is 0.899. The average Bonchev–Trinajstić information content (AvgIpc) is 2.97. The minimum absolute atomic E-state index is 0.335. The van der Waals surface area contributed by atoms with Gasteiger partial charge in [0.2, 0.25) is 5.91 Å². The molecule has 3 heteroatoms. The Labute approximate surface area is 115 Å². The van der Waals surface area contributed by atoms with Crippen LogP contribution in [-0.4, -0.2) is 30.4 Å². The summed E-state index contributed by atoms with van der Waals surface area (Å²) in [5.41, 5.74) is 2.73. The van der Waals surface area contributed by atoms with Crippen LogP contribution in [0.1, 0.15) is 30.4 Å². The Hall–Kier alpha value is -1.35. The van der Waals surface area contributed by atoms with Gasteiger partial charge in [0.25, 0.3) is 0 Å². The summed E-state index contributed by atoms with van der Waals surface area (Å²) in [6, 6.07) is 8.48. The second-order valence-corrected chi connectivity index (χ2v) is 5.73. The minimum Gasteiger partial charge on any atom is -0.338 e. The lowest BCUT2D eigenvalue weighted by molar-refractivity contribution is -0.132. The summed E-state index contributed by atoms with van der Waals surface area (Å²) in [5, 5.41) is 3.36. The van der Waals surface area contributed by atoms with Gasteiger partial charge in [-0.1, -0.05) is 24.3 Å². The van der Waals surface area contributed by atoms with Crippen LogP contribution in [0.4, 0.5) is 0 Å². The van der Waals surface area contributed by atoms with E-state index in [9.17, 15) is 4.79 Å². The molecule has 0 bridgehead atoms. The highest BCUT2D eigenvalue weighted by Gasteiger charge is 2.22. The minimum atomic E-state index is 0.335. The number of nitrogens with zero attached hydrogens (tertiary/aromatic N) is 1. The fourth-order valence-corrected chi connectivity index (χ4v) is 3.16. The van der Waals surface area contributed by atoms with Gasteiger partial charge in [0.15, 0.2) is 0 Å². The first-order valence-electron chi connectivity index (χ1n) is 7.38. The number of rotatable bonds is 3. The third kappa shape index (κ3) is 2.98. The third-order valence-corrected chi connectivity index (χ3v) is 4.41. The molecular formula is C16H22N2O. The zero-order valence-electron chi connectivity index (χ0n) is 11.4. The van der Waals surface area contributed by atoms with E-state index in [1.54, 1.807) is 0 Å². The number of amides is 1. The largest absolute Gasteiger partial charge is 0.338 e. The zero-order chi connectivity index (χ0) is 13.1. The van der Waals surface area contributed by atoms with E-state index in [2.05, 4.69) is 29.6 Å². The van der Waals surface area contributed by atoms with E-state index in [0.29, 0.717) is 18.2 Å². The van der Waals surface area contributed by atoms with Gasteiger partial charge in [-0.25, -0.2) is 0 Å². The predicted octanol–water partition coefficient (Wildman–Crippen LogP) is 1.96. The van der Waals surface area contributed by atoms with Crippen LogP contribution in [0.15, 0.2) is 24.3 Å². The molecule has 0 saturated carbocycles. The summed E-state index contributed by atoms with van der Waals surface area (Å²) in [4.78, 5) is 14.3. The monoisotopic (exact) mass is 258 g/mol. The Morgan fingerprint density at radius 2 is 2.16 bits per heavy atom. The van der Waals surface area contributed by atoms with E-state index in [1.165, 1.54) is 17.5 Å². The first kappa shape index (κ1) is 12.7. The number of carbonyl (C=O) groups excluding carboxylic acids is 1. The number of carbonyl (C=O) groups is 1. The Morgan fingerprint density at radius 1 is 1.32 bits per heavy atom. The molecule has 19 heavy (non-hydrogen) atoms. The fraction of sp³-hybridized carbons (Fsp3) is 0.562. The molecule has 0 radical (unpaired) electrons. The van der Waals surface area contributed by atoms with Crippen molar-refractivity contribution in [2.45, 2.75) is 32.2 Å². The number of hydrogen-bond acceptors (Lipinski definition) is 2. The molecule has 2 aliphatic heterocycles. The summed E-state index contributed by atoms with van der Waals surface area (Å²) in [7, 11) is 0. The van der Waals surface area contributed by atoms with Gasteiger partial charge < -0.3 is 10.2 Å². The lowest BCUT2D eigenvalue weighted by Crippen LogP contribution is -2.36. The molecule has 0 aromatic heterocycles. The molecule has 1 N–H and O–H groups in total. The van der Waals surface area contributed by atoms with Gasteiger partial charge in [-0.15, -0.1) is 0 Å². The molecule has 1 unspecified atom stereocenters. The predicted molar refractivity (Wildman–Crippen MR) is 75.8 cm³/mol. The first-order chi connectivity index (χ1) is 9.33. The highest BCUT2D eigenvalue weighted by atomic mass is 16.2. The maximum Gasteiger partial charge on any atom is 0.222 e. The third-order valence-electron chi connectivity index (χ3n) is 4.41. The summed E-state index contributed by atoms with van der Waals surface area (Å²) < 4.78 is 0. The van der Waals surface area contributed by atoms with Crippen molar-refractivity contribution >= 4 is 5.91 Å². The molecule has 0 spiro atoms.